The molecule has 1 fully saturated rings. The average molecular weight is 394 g/mol. The molecule has 152 valence electrons. The molecule has 0 aliphatic carbocycles. The first-order valence-corrected chi connectivity index (χ1v) is 10.2. The van der Waals surface area contributed by atoms with Gasteiger partial charge in [-0.25, -0.2) is 4.39 Å². The number of carbonyl (C=O) groups excluding carboxylic acids is 1. The maximum Gasteiger partial charge on any atom is 0.270 e. The van der Waals surface area contributed by atoms with E-state index in [0.717, 1.165) is 66.6 Å². The third-order valence-electron chi connectivity index (χ3n) is 6.04. The molecule has 1 aliphatic rings. The highest BCUT2D eigenvalue weighted by molar-refractivity contribution is 6.01. The lowest BCUT2D eigenvalue weighted by molar-refractivity contribution is 0.0662. The summed E-state index contributed by atoms with van der Waals surface area (Å²) >= 11 is 0. The number of benzene rings is 2. The van der Waals surface area contributed by atoms with Crippen molar-refractivity contribution in [3.8, 4) is 5.75 Å². The van der Waals surface area contributed by atoms with Gasteiger partial charge < -0.3 is 14.6 Å². The first-order chi connectivity index (χ1) is 14.0. The topological polar surface area (TPSA) is 45.3 Å². The van der Waals surface area contributed by atoms with Crippen LogP contribution in [0.25, 0.3) is 10.9 Å². The molecule has 0 bridgehead atoms. The molecule has 2 aromatic carbocycles. The predicted molar refractivity (Wildman–Crippen MR) is 113 cm³/mol. The van der Waals surface area contributed by atoms with Crippen molar-refractivity contribution >= 4 is 16.8 Å². The minimum absolute atomic E-state index is 0.0733. The smallest absolute Gasteiger partial charge is 0.270 e. The summed E-state index contributed by atoms with van der Waals surface area (Å²) in [4.78, 5) is 18.5. The minimum atomic E-state index is -0.200. The van der Waals surface area contributed by atoms with Crippen molar-refractivity contribution in [2.75, 3.05) is 20.2 Å². The Hall–Kier alpha value is -2.82. The Morgan fingerprint density at radius 2 is 2.03 bits per heavy atom. The molecule has 4 rings (SSSR count). The highest BCUT2D eigenvalue weighted by atomic mass is 19.1. The van der Waals surface area contributed by atoms with E-state index in [1.807, 2.05) is 42.2 Å². The molecule has 0 saturated carbocycles. The van der Waals surface area contributed by atoms with Gasteiger partial charge in [-0.3, -0.25) is 4.79 Å². The number of likely N-dealkylation sites (tertiary alicyclic amines) is 1. The number of piperidine rings is 1. The number of H-pyrrole nitrogens is 1. The average Bonchev–Trinajstić information content (AvgIpc) is 3.09. The molecular weight excluding hydrogens is 367 g/mol. The number of nitrogens with one attached hydrogen (secondary N) is 1. The van der Waals surface area contributed by atoms with Gasteiger partial charge in [0.2, 0.25) is 0 Å². The van der Waals surface area contributed by atoms with E-state index in [0.29, 0.717) is 11.6 Å². The number of ether oxygens (including phenoxy) is 1. The Bertz CT molecular complexity index is 1010. The van der Waals surface area contributed by atoms with E-state index in [1.165, 1.54) is 12.1 Å². The van der Waals surface area contributed by atoms with Gasteiger partial charge in [0.25, 0.3) is 5.91 Å². The van der Waals surface area contributed by atoms with E-state index in [2.05, 4.69) is 4.98 Å². The van der Waals surface area contributed by atoms with E-state index in [9.17, 15) is 9.18 Å². The summed E-state index contributed by atoms with van der Waals surface area (Å²) in [5.74, 6) is 1.14. The summed E-state index contributed by atoms with van der Waals surface area (Å²) < 4.78 is 18.4. The summed E-state index contributed by atoms with van der Waals surface area (Å²) in [5.41, 5.74) is 3.75. The summed E-state index contributed by atoms with van der Waals surface area (Å²) in [6, 6.07) is 12.6. The van der Waals surface area contributed by atoms with Crippen molar-refractivity contribution in [1.29, 1.82) is 0 Å². The van der Waals surface area contributed by atoms with Crippen molar-refractivity contribution in [3.63, 3.8) is 0 Å². The third kappa shape index (κ3) is 4.14. The molecule has 2 heterocycles. The number of aromatic amines is 1. The zero-order valence-corrected chi connectivity index (χ0v) is 17.0. The second-order valence-corrected chi connectivity index (χ2v) is 7.96. The summed E-state index contributed by atoms with van der Waals surface area (Å²) in [5, 5.41) is 1.03. The number of aromatic nitrogens is 1. The molecule has 0 spiro atoms. The minimum Gasteiger partial charge on any atom is -0.497 e. The number of hydrogen-bond acceptors (Lipinski definition) is 2. The molecule has 1 saturated heterocycles. The molecule has 0 radical (unpaired) electrons. The molecule has 1 atom stereocenters. The van der Waals surface area contributed by atoms with Gasteiger partial charge in [-0.2, -0.15) is 0 Å². The fourth-order valence-corrected chi connectivity index (χ4v) is 4.31. The van der Waals surface area contributed by atoms with Gasteiger partial charge in [-0.1, -0.05) is 12.1 Å². The first kappa shape index (κ1) is 19.5. The number of methoxy groups -OCH3 is 1. The lowest BCUT2D eigenvalue weighted by Gasteiger charge is -2.32. The highest BCUT2D eigenvalue weighted by Crippen LogP contribution is 2.28. The van der Waals surface area contributed by atoms with Crippen LogP contribution in [0.15, 0.2) is 42.5 Å². The van der Waals surface area contributed by atoms with Gasteiger partial charge in [0.15, 0.2) is 0 Å². The van der Waals surface area contributed by atoms with Crippen molar-refractivity contribution in [2.24, 2.45) is 5.92 Å². The maximum atomic E-state index is 13.2. The van der Waals surface area contributed by atoms with Crippen LogP contribution in [-0.4, -0.2) is 36.0 Å². The number of rotatable bonds is 5. The number of nitrogens with zero attached hydrogens (tertiary/aromatic N) is 1. The molecule has 3 aromatic rings. The fraction of sp³-hybridized carbons (Fsp3) is 0.375. The fourth-order valence-electron chi connectivity index (χ4n) is 4.31. The van der Waals surface area contributed by atoms with Crippen molar-refractivity contribution in [3.05, 3.63) is 65.1 Å². The van der Waals surface area contributed by atoms with Crippen molar-refractivity contribution in [1.82, 2.24) is 9.88 Å². The Kier molecular flexibility index (Phi) is 5.56. The van der Waals surface area contributed by atoms with Gasteiger partial charge in [0.1, 0.15) is 17.3 Å². The van der Waals surface area contributed by atoms with Crippen LogP contribution in [0.3, 0.4) is 0 Å². The van der Waals surface area contributed by atoms with Crippen LogP contribution in [-0.2, 0) is 6.42 Å². The zero-order valence-electron chi connectivity index (χ0n) is 17.0. The molecular formula is C24H27FN2O2. The predicted octanol–water partition coefficient (Wildman–Crippen LogP) is 5.11. The van der Waals surface area contributed by atoms with E-state index in [1.54, 1.807) is 7.11 Å². The first-order valence-electron chi connectivity index (χ1n) is 10.2. The molecule has 5 heteroatoms. The number of carbonyl (C=O) groups is 1. The van der Waals surface area contributed by atoms with Crippen LogP contribution in [0.2, 0.25) is 0 Å². The molecule has 1 aliphatic heterocycles. The molecule has 0 unspecified atom stereocenters. The van der Waals surface area contributed by atoms with E-state index >= 15 is 0 Å². The molecule has 1 N–H and O–H groups in total. The summed E-state index contributed by atoms with van der Waals surface area (Å²) in [7, 11) is 1.65. The van der Waals surface area contributed by atoms with Crippen LogP contribution in [0.4, 0.5) is 4.39 Å². The normalized spacial score (nSPS) is 16.9. The second kappa shape index (κ2) is 8.27. The lowest BCUT2D eigenvalue weighted by atomic mass is 9.91. The molecule has 29 heavy (non-hydrogen) atoms. The quantitative estimate of drug-likeness (QED) is 0.654. The molecule has 1 amide bonds. The monoisotopic (exact) mass is 394 g/mol. The van der Waals surface area contributed by atoms with Crippen molar-refractivity contribution in [2.45, 2.75) is 32.6 Å². The number of fused-ring (bicyclic) bond motifs is 1. The van der Waals surface area contributed by atoms with Crippen molar-refractivity contribution < 1.29 is 13.9 Å². The zero-order chi connectivity index (χ0) is 20.4. The lowest BCUT2D eigenvalue weighted by Crippen LogP contribution is -2.40. The van der Waals surface area contributed by atoms with Gasteiger partial charge >= 0.3 is 0 Å². The summed E-state index contributed by atoms with van der Waals surface area (Å²) in [6.07, 6.45) is 4.08. The van der Waals surface area contributed by atoms with E-state index in [-0.39, 0.29) is 11.7 Å². The Morgan fingerprint density at radius 1 is 1.24 bits per heavy atom. The number of halogens is 1. The number of amides is 1. The number of hydrogen-bond donors (Lipinski definition) is 1. The third-order valence-corrected chi connectivity index (χ3v) is 6.04. The summed E-state index contributed by atoms with van der Waals surface area (Å²) in [6.45, 7) is 3.56. The molecule has 4 nitrogen and oxygen atoms in total. The van der Waals surface area contributed by atoms with Gasteiger partial charge in [-0.05, 0) is 80.0 Å². The van der Waals surface area contributed by atoms with Crippen LogP contribution in [0.5, 0.6) is 5.75 Å². The van der Waals surface area contributed by atoms with E-state index < -0.39 is 0 Å². The standard InChI is InChI=1S/C24H27FN2O2/c1-16-21-14-20(29-2)11-12-22(21)26-23(16)24(28)27-13-3-4-18(15-27)6-5-17-7-9-19(25)10-8-17/h7-12,14,18,26H,3-6,13,15H2,1-2H3/t18-/m0/s1. The van der Waals surface area contributed by atoms with E-state index in [4.69, 9.17) is 4.74 Å². The number of aryl methyl sites for hydroxylation is 2. The molecule has 1 aromatic heterocycles. The van der Waals surface area contributed by atoms with Crippen LogP contribution in [0, 0.1) is 18.7 Å². The van der Waals surface area contributed by atoms with Gasteiger partial charge in [0, 0.05) is 24.0 Å². The second-order valence-electron chi connectivity index (χ2n) is 7.96. The van der Waals surface area contributed by atoms with Gasteiger partial charge in [-0.15, -0.1) is 0 Å². The SMILES string of the molecule is COc1ccc2[nH]c(C(=O)N3CCC[C@@H](CCc4ccc(F)cc4)C3)c(C)c2c1. The highest BCUT2D eigenvalue weighted by Gasteiger charge is 2.26. The Morgan fingerprint density at radius 3 is 2.79 bits per heavy atom. The Balaban J connectivity index is 1.45. The van der Waals surface area contributed by atoms with Crippen LogP contribution < -0.4 is 4.74 Å². The largest absolute Gasteiger partial charge is 0.497 e. The van der Waals surface area contributed by atoms with Crippen LogP contribution in [0.1, 0.15) is 40.9 Å². The Labute approximate surface area is 170 Å². The maximum absolute atomic E-state index is 13.2. The van der Waals surface area contributed by atoms with Crippen LogP contribution >= 0.6 is 0 Å². The van der Waals surface area contributed by atoms with Gasteiger partial charge in [0.05, 0.1) is 7.11 Å².